The van der Waals surface area contributed by atoms with Crippen molar-refractivity contribution >= 4 is 11.6 Å². The third-order valence-electron chi connectivity index (χ3n) is 3.59. The molecule has 1 atom stereocenters. The van der Waals surface area contributed by atoms with Gasteiger partial charge in [0.05, 0.1) is 18.7 Å². The van der Waals surface area contributed by atoms with Crippen LogP contribution in [0.15, 0.2) is 48.7 Å². The zero-order valence-electron chi connectivity index (χ0n) is 11.0. The number of aryl methyl sites for hydroxylation is 1. The molecular formula is C16H17N2O+. The summed E-state index contributed by atoms with van der Waals surface area (Å²) in [5.41, 5.74) is 1.98. The van der Waals surface area contributed by atoms with Crippen molar-refractivity contribution in [2.24, 2.45) is 5.92 Å². The highest BCUT2D eigenvalue weighted by Gasteiger charge is 2.29. The standard InChI is InChI=1S/C16H16N2O/c1-12-5-7-13(8-6-12)16(19)14-10-17-15-4-2-3-9-18(15)11-14/h2-9,14H,10-11H2,1H3/p+1. The molecule has 2 heterocycles. The van der Waals surface area contributed by atoms with Gasteiger partial charge in [-0.2, -0.15) is 0 Å². The molecular weight excluding hydrogens is 236 g/mol. The van der Waals surface area contributed by atoms with Crippen LogP contribution in [-0.2, 0) is 6.54 Å². The highest BCUT2D eigenvalue weighted by atomic mass is 16.1. The zero-order chi connectivity index (χ0) is 13.2. The van der Waals surface area contributed by atoms with Crippen LogP contribution >= 0.6 is 0 Å². The number of rotatable bonds is 2. The molecule has 1 N–H and O–H groups in total. The Morgan fingerprint density at radius 3 is 2.79 bits per heavy atom. The summed E-state index contributed by atoms with van der Waals surface area (Å²) in [6.45, 7) is 3.48. The minimum Gasteiger partial charge on any atom is -0.294 e. The van der Waals surface area contributed by atoms with Gasteiger partial charge in [0.25, 0.3) is 5.82 Å². The number of hydrogen-bond donors (Lipinski definition) is 1. The summed E-state index contributed by atoms with van der Waals surface area (Å²) >= 11 is 0. The van der Waals surface area contributed by atoms with Crippen molar-refractivity contribution in [1.82, 2.24) is 0 Å². The van der Waals surface area contributed by atoms with E-state index in [1.54, 1.807) is 0 Å². The number of hydrogen-bond acceptors (Lipinski definition) is 2. The maximum atomic E-state index is 12.5. The highest BCUT2D eigenvalue weighted by Crippen LogP contribution is 2.15. The predicted octanol–water partition coefficient (Wildman–Crippen LogP) is 2.21. The lowest BCUT2D eigenvalue weighted by atomic mass is 9.95. The zero-order valence-corrected chi connectivity index (χ0v) is 11.0. The second-order valence-corrected chi connectivity index (χ2v) is 5.05. The maximum absolute atomic E-state index is 12.5. The molecule has 0 bridgehead atoms. The average Bonchev–Trinajstić information content (AvgIpc) is 2.47. The molecule has 3 heteroatoms. The first-order valence-electron chi connectivity index (χ1n) is 6.57. The van der Waals surface area contributed by atoms with E-state index in [-0.39, 0.29) is 11.7 Å². The summed E-state index contributed by atoms with van der Waals surface area (Å²) in [4.78, 5) is 12.5. The third-order valence-corrected chi connectivity index (χ3v) is 3.59. The van der Waals surface area contributed by atoms with Crippen molar-refractivity contribution in [2.45, 2.75) is 13.5 Å². The number of nitrogens with one attached hydrogen (secondary N) is 1. The van der Waals surface area contributed by atoms with E-state index in [0.29, 0.717) is 6.54 Å². The molecule has 0 spiro atoms. The van der Waals surface area contributed by atoms with E-state index >= 15 is 0 Å². The smallest absolute Gasteiger partial charge is 0.274 e. The van der Waals surface area contributed by atoms with Crippen molar-refractivity contribution in [3.8, 4) is 0 Å². The van der Waals surface area contributed by atoms with Crippen LogP contribution in [0.1, 0.15) is 15.9 Å². The Morgan fingerprint density at radius 1 is 1.21 bits per heavy atom. The van der Waals surface area contributed by atoms with Gasteiger partial charge in [-0.05, 0) is 13.0 Å². The first kappa shape index (κ1) is 11.9. The lowest BCUT2D eigenvalue weighted by molar-refractivity contribution is -0.690. The first-order valence-corrected chi connectivity index (χ1v) is 6.57. The highest BCUT2D eigenvalue weighted by molar-refractivity contribution is 5.98. The molecule has 1 aliphatic rings. The molecule has 0 saturated carbocycles. The fourth-order valence-electron chi connectivity index (χ4n) is 2.45. The van der Waals surface area contributed by atoms with Gasteiger partial charge in [-0.1, -0.05) is 35.9 Å². The van der Waals surface area contributed by atoms with E-state index < -0.39 is 0 Å². The predicted molar refractivity (Wildman–Crippen MR) is 74.1 cm³/mol. The Kier molecular flexibility index (Phi) is 3.03. The van der Waals surface area contributed by atoms with Crippen LogP contribution in [-0.4, -0.2) is 12.3 Å². The van der Waals surface area contributed by atoms with Gasteiger partial charge >= 0.3 is 0 Å². The molecule has 0 saturated heterocycles. The number of benzene rings is 1. The van der Waals surface area contributed by atoms with Crippen LogP contribution in [0.25, 0.3) is 0 Å². The van der Waals surface area contributed by atoms with Crippen molar-refractivity contribution < 1.29 is 9.36 Å². The Balaban J connectivity index is 1.81. The number of nitrogens with zero attached hydrogens (tertiary/aromatic N) is 1. The quantitative estimate of drug-likeness (QED) is 0.657. The number of ketones is 1. The molecule has 1 aliphatic heterocycles. The Hall–Kier alpha value is -2.16. The van der Waals surface area contributed by atoms with Crippen molar-refractivity contribution in [2.75, 3.05) is 11.9 Å². The van der Waals surface area contributed by atoms with Crippen LogP contribution in [0.4, 0.5) is 5.82 Å². The van der Waals surface area contributed by atoms with Crippen LogP contribution in [0.2, 0.25) is 0 Å². The van der Waals surface area contributed by atoms with Gasteiger partial charge in [0.2, 0.25) is 0 Å². The average molecular weight is 253 g/mol. The Labute approximate surface area is 112 Å². The van der Waals surface area contributed by atoms with E-state index in [4.69, 9.17) is 0 Å². The largest absolute Gasteiger partial charge is 0.294 e. The number of anilines is 1. The molecule has 0 amide bonds. The van der Waals surface area contributed by atoms with Crippen LogP contribution in [0.3, 0.4) is 0 Å². The van der Waals surface area contributed by atoms with Crippen LogP contribution in [0, 0.1) is 12.8 Å². The van der Waals surface area contributed by atoms with Crippen molar-refractivity contribution in [1.29, 1.82) is 0 Å². The summed E-state index contributed by atoms with van der Waals surface area (Å²) in [5, 5.41) is 3.32. The number of carbonyl (C=O) groups excluding carboxylic acids is 1. The number of pyridine rings is 1. The molecule has 2 aromatic rings. The topological polar surface area (TPSA) is 33.0 Å². The fraction of sp³-hybridized carbons (Fsp3) is 0.250. The van der Waals surface area contributed by atoms with Crippen LogP contribution in [0.5, 0.6) is 0 Å². The van der Waals surface area contributed by atoms with Gasteiger partial charge in [0, 0.05) is 11.6 Å². The molecule has 19 heavy (non-hydrogen) atoms. The maximum Gasteiger partial charge on any atom is 0.274 e. The van der Waals surface area contributed by atoms with E-state index in [2.05, 4.69) is 9.88 Å². The summed E-state index contributed by atoms with van der Waals surface area (Å²) in [5.74, 6) is 1.30. The summed E-state index contributed by atoms with van der Waals surface area (Å²) in [7, 11) is 0. The Morgan fingerprint density at radius 2 is 2.00 bits per heavy atom. The summed E-state index contributed by atoms with van der Waals surface area (Å²) < 4.78 is 2.10. The lowest BCUT2D eigenvalue weighted by Gasteiger charge is -2.20. The van der Waals surface area contributed by atoms with Crippen LogP contribution < -0.4 is 9.88 Å². The minimum absolute atomic E-state index is 0.00241. The molecule has 1 aromatic heterocycles. The molecule has 1 aromatic carbocycles. The fourth-order valence-corrected chi connectivity index (χ4v) is 2.45. The van der Waals surface area contributed by atoms with E-state index in [0.717, 1.165) is 17.9 Å². The van der Waals surface area contributed by atoms with E-state index in [1.807, 2.05) is 55.6 Å². The van der Waals surface area contributed by atoms with E-state index in [1.165, 1.54) is 5.56 Å². The number of aromatic nitrogens is 1. The van der Waals surface area contributed by atoms with Gasteiger partial charge in [0.1, 0.15) is 6.54 Å². The SMILES string of the molecule is Cc1ccc(C(=O)C2CNc3cccc[n+]3C2)cc1. The van der Waals surface area contributed by atoms with Crippen molar-refractivity contribution in [3.05, 3.63) is 59.8 Å². The minimum atomic E-state index is 0.00241. The first-order chi connectivity index (χ1) is 9.24. The molecule has 0 aliphatic carbocycles. The summed E-state index contributed by atoms with van der Waals surface area (Å²) in [6.07, 6.45) is 2.01. The van der Waals surface area contributed by atoms with Gasteiger partial charge in [-0.25, -0.2) is 4.57 Å². The van der Waals surface area contributed by atoms with Gasteiger partial charge in [-0.3, -0.25) is 10.1 Å². The number of Topliss-reactive ketones (excluding diaryl/α,β-unsaturated/α-hetero) is 1. The van der Waals surface area contributed by atoms with Gasteiger partial charge in [0.15, 0.2) is 5.78 Å². The summed E-state index contributed by atoms with van der Waals surface area (Å²) in [6, 6.07) is 13.8. The molecule has 0 radical (unpaired) electrons. The van der Waals surface area contributed by atoms with Gasteiger partial charge < -0.3 is 0 Å². The molecule has 96 valence electrons. The van der Waals surface area contributed by atoms with E-state index in [9.17, 15) is 4.79 Å². The second-order valence-electron chi connectivity index (χ2n) is 5.05. The molecule has 0 fully saturated rings. The molecule has 3 nitrogen and oxygen atoms in total. The monoisotopic (exact) mass is 253 g/mol. The van der Waals surface area contributed by atoms with Crippen molar-refractivity contribution in [3.63, 3.8) is 0 Å². The number of fused-ring (bicyclic) bond motifs is 1. The normalized spacial score (nSPS) is 17.4. The lowest BCUT2D eigenvalue weighted by Crippen LogP contribution is -2.49. The number of carbonyl (C=O) groups is 1. The second kappa shape index (κ2) is 4.84. The third kappa shape index (κ3) is 2.36. The molecule has 1 unspecified atom stereocenters. The Bertz CT molecular complexity index is 604. The van der Waals surface area contributed by atoms with Gasteiger partial charge in [-0.15, -0.1) is 0 Å². The molecule has 3 rings (SSSR count).